The zero-order valence-electron chi connectivity index (χ0n) is 15.5. The highest BCUT2D eigenvalue weighted by molar-refractivity contribution is 8.00. The van der Waals surface area contributed by atoms with Crippen LogP contribution < -0.4 is 0 Å². The molecule has 1 saturated heterocycles. The minimum absolute atomic E-state index is 0.249. The highest BCUT2D eigenvalue weighted by Gasteiger charge is 2.14. The number of nitrogens with zero attached hydrogens (tertiary/aromatic N) is 1. The van der Waals surface area contributed by atoms with Crippen molar-refractivity contribution < 1.29 is 9.84 Å². The fourth-order valence-corrected chi connectivity index (χ4v) is 4.89. The van der Waals surface area contributed by atoms with Crippen LogP contribution in [0.3, 0.4) is 0 Å². The van der Waals surface area contributed by atoms with Crippen LogP contribution in [0.25, 0.3) is 0 Å². The highest BCUT2D eigenvalue weighted by atomic mass is 32.2. The van der Waals surface area contributed by atoms with Gasteiger partial charge < -0.3 is 9.84 Å². The Balaban J connectivity index is 2.08. The molecule has 1 aromatic carbocycles. The van der Waals surface area contributed by atoms with Crippen molar-refractivity contribution >= 4 is 29.7 Å². The zero-order valence-corrected chi connectivity index (χ0v) is 17.1. The maximum atomic E-state index is 10.6. The summed E-state index contributed by atoms with van der Waals surface area (Å²) in [6, 6.07) is 4.20. The molecule has 1 aliphatic heterocycles. The van der Waals surface area contributed by atoms with Crippen LogP contribution in [0.2, 0.25) is 0 Å². The molecule has 2 rings (SSSR count). The Hall–Kier alpha value is -0.650. The molecule has 25 heavy (non-hydrogen) atoms. The molecule has 1 heterocycles. The molecule has 1 unspecified atom stereocenters. The predicted octanol–water partition coefficient (Wildman–Crippen LogP) is 5.77. The Labute approximate surface area is 161 Å². The lowest BCUT2D eigenvalue weighted by Crippen LogP contribution is -2.09. The summed E-state index contributed by atoms with van der Waals surface area (Å²) in [6.07, 6.45) is 9.06. The second-order valence-electron chi connectivity index (χ2n) is 6.39. The normalized spacial score (nSPS) is 17.6. The van der Waals surface area contributed by atoms with Gasteiger partial charge in [0.05, 0.1) is 17.5 Å². The Morgan fingerprint density at radius 2 is 1.96 bits per heavy atom. The van der Waals surface area contributed by atoms with Gasteiger partial charge in [0.1, 0.15) is 5.75 Å². The smallest absolute Gasteiger partial charge is 0.137 e. The summed E-state index contributed by atoms with van der Waals surface area (Å²) in [6.45, 7) is 5.95. The number of unbranched alkanes of at least 4 members (excludes halogenated alkanes) is 2. The van der Waals surface area contributed by atoms with E-state index < -0.39 is 0 Å². The van der Waals surface area contributed by atoms with Crippen molar-refractivity contribution in [2.45, 2.75) is 68.3 Å². The molecule has 0 amide bonds. The monoisotopic (exact) mass is 381 g/mol. The lowest BCUT2D eigenvalue weighted by Gasteiger charge is -2.11. The summed E-state index contributed by atoms with van der Waals surface area (Å²) in [5.41, 5.74) is 0.832. The van der Waals surface area contributed by atoms with Crippen molar-refractivity contribution in [3.05, 3.63) is 17.7 Å². The Morgan fingerprint density at radius 1 is 1.20 bits per heavy atom. The summed E-state index contributed by atoms with van der Waals surface area (Å²) < 4.78 is 5.62. The molecule has 3 nitrogen and oxygen atoms in total. The summed E-state index contributed by atoms with van der Waals surface area (Å²) >= 11 is 3.62. The van der Waals surface area contributed by atoms with Crippen molar-refractivity contribution in [2.24, 2.45) is 4.99 Å². The Morgan fingerprint density at radius 3 is 2.64 bits per heavy atom. The van der Waals surface area contributed by atoms with Crippen molar-refractivity contribution in [1.29, 1.82) is 0 Å². The van der Waals surface area contributed by atoms with E-state index in [1.54, 1.807) is 11.8 Å². The number of benzene rings is 1. The van der Waals surface area contributed by atoms with Gasteiger partial charge in [-0.3, -0.25) is 4.99 Å². The van der Waals surface area contributed by atoms with Gasteiger partial charge in [-0.2, -0.15) is 0 Å². The molecular formula is C20H31NO2S2. The van der Waals surface area contributed by atoms with E-state index in [1.807, 2.05) is 18.0 Å². The first-order chi connectivity index (χ1) is 12.2. The summed E-state index contributed by atoms with van der Waals surface area (Å²) in [5.74, 6) is 2.53. The molecule has 1 aromatic rings. The SMILES string of the molecule is CCCCSc1cc(C=NCC2CCCO2)c(O)c(SCCCC)c1. The number of aliphatic imine (C=N–C) groups is 1. The summed E-state index contributed by atoms with van der Waals surface area (Å²) in [4.78, 5) is 6.74. The lowest BCUT2D eigenvalue weighted by molar-refractivity contribution is 0.118. The average molecular weight is 382 g/mol. The van der Waals surface area contributed by atoms with E-state index in [2.05, 4.69) is 31.0 Å². The van der Waals surface area contributed by atoms with Gasteiger partial charge >= 0.3 is 0 Å². The molecular weight excluding hydrogens is 350 g/mol. The van der Waals surface area contributed by atoms with Crippen LogP contribution in [0.15, 0.2) is 26.9 Å². The Bertz CT molecular complexity index is 543. The second kappa shape index (κ2) is 11.9. The molecule has 5 heteroatoms. The van der Waals surface area contributed by atoms with E-state index in [4.69, 9.17) is 4.74 Å². The highest BCUT2D eigenvalue weighted by Crippen LogP contribution is 2.36. The third kappa shape index (κ3) is 7.24. The molecule has 0 radical (unpaired) electrons. The van der Waals surface area contributed by atoms with Gasteiger partial charge in [0.2, 0.25) is 0 Å². The van der Waals surface area contributed by atoms with Gasteiger partial charge in [-0.05, 0) is 49.3 Å². The maximum absolute atomic E-state index is 10.6. The van der Waals surface area contributed by atoms with Crippen LogP contribution in [0.4, 0.5) is 0 Å². The van der Waals surface area contributed by atoms with E-state index in [1.165, 1.54) is 30.6 Å². The van der Waals surface area contributed by atoms with Gasteiger partial charge in [0.25, 0.3) is 0 Å². The molecule has 140 valence electrons. The number of hydrogen-bond acceptors (Lipinski definition) is 5. The van der Waals surface area contributed by atoms with Gasteiger partial charge in [-0.1, -0.05) is 26.7 Å². The standard InChI is InChI=1S/C20H31NO2S2/c1-3-5-10-24-18-12-16(14-21-15-17-8-7-9-23-17)20(22)19(13-18)25-11-6-4-2/h12-14,17,22H,3-11,15H2,1-2H3. The van der Waals surface area contributed by atoms with Gasteiger partial charge in [-0.25, -0.2) is 0 Å². The molecule has 0 aromatic heterocycles. The number of rotatable bonds is 11. The summed E-state index contributed by atoms with van der Waals surface area (Å²) in [7, 11) is 0. The average Bonchev–Trinajstić information content (AvgIpc) is 3.12. The third-order valence-corrected chi connectivity index (χ3v) is 6.34. The molecule has 1 fully saturated rings. The first-order valence-electron chi connectivity index (χ1n) is 9.48. The lowest BCUT2D eigenvalue weighted by atomic mass is 10.2. The largest absolute Gasteiger partial charge is 0.506 e. The van der Waals surface area contributed by atoms with E-state index in [-0.39, 0.29) is 6.10 Å². The number of aromatic hydroxyl groups is 1. The van der Waals surface area contributed by atoms with Crippen molar-refractivity contribution in [3.63, 3.8) is 0 Å². The molecule has 1 aliphatic rings. The van der Waals surface area contributed by atoms with Crippen molar-refractivity contribution in [3.8, 4) is 5.75 Å². The topological polar surface area (TPSA) is 41.8 Å². The van der Waals surface area contributed by atoms with E-state index >= 15 is 0 Å². The van der Waals surface area contributed by atoms with Crippen LogP contribution in [-0.4, -0.2) is 42.1 Å². The Kier molecular flexibility index (Phi) is 9.81. The quantitative estimate of drug-likeness (QED) is 0.300. The minimum atomic E-state index is 0.249. The van der Waals surface area contributed by atoms with Crippen LogP contribution in [0.1, 0.15) is 57.9 Å². The number of phenolic OH excluding ortho intramolecular Hbond substituents is 1. The van der Waals surface area contributed by atoms with Crippen LogP contribution in [0, 0.1) is 0 Å². The number of phenols is 1. The molecule has 1 N–H and O–H groups in total. The summed E-state index contributed by atoms with van der Waals surface area (Å²) in [5, 5.41) is 10.6. The fourth-order valence-electron chi connectivity index (χ4n) is 2.61. The fraction of sp³-hybridized carbons (Fsp3) is 0.650. The van der Waals surface area contributed by atoms with E-state index in [9.17, 15) is 5.11 Å². The molecule has 1 atom stereocenters. The third-order valence-electron chi connectivity index (χ3n) is 4.16. The predicted molar refractivity (Wildman–Crippen MR) is 111 cm³/mol. The molecule has 0 saturated carbocycles. The molecule has 0 spiro atoms. The molecule has 0 bridgehead atoms. The number of ether oxygens (including phenoxy) is 1. The molecule has 0 aliphatic carbocycles. The first-order valence-corrected chi connectivity index (χ1v) is 11.5. The van der Waals surface area contributed by atoms with Gasteiger partial charge in [-0.15, -0.1) is 23.5 Å². The van der Waals surface area contributed by atoms with Crippen LogP contribution >= 0.6 is 23.5 Å². The van der Waals surface area contributed by atoms with Gasteiger partial charge in [0, 0.05) is 23.3 Å². The van der Waals surface area contributed by atoms with Gasteiger partial charge in [0.15, 0.2) is 0 Å². The minimum Gasteiger partial charge on any atom is -0.506 e. The van der Waals surface area contributed by atoms with Crippen molar-refractivity contribution in [2.75, 3.05) is 24.7 Å². The van der Waals surface area contributed by atoms with Crippen molar-refractivity contribution in [1.82, 2.24) is 0 Å². The zero-order chi connectivity index (χ0) is 17.9. The second-order valence-corrected chi connectivity index (χ2v) is 8.70. The van der Waals surface area contributed by atoms with Crippen LogP contribution in [-0.2, 0) is 4.74 Å². The number of thioether (sulfide) groups is 2. The first kappa shape index (κ1) is 20.7. The van der Waals surface area contributed by atoms with E-state index in [0.29, 0.717) is 12.3 Å². The number of hydrogen-bond donors (Lipinski definition) is 1. The maximum Gasteiger partial charge on any atom is 0.137 e. The van der Waals surface area contributed by atoms with Crippen LogP contribution in [0.5, 0.6) is 5.75 Å². The van der Waals surface area contributed by atoms with E-state index in [0.717, 1.165) is 41.4 Å².